The largest absolute Gasteiger partial charge is 0.352 e. The molecule has 0 heterocycles. The molecule has 1 amide bonds. The number of nitrogen functional groups attached to an aromatic ring is 1. The molecule has 0 aliphatic heterocycles. The van der Waals surface area contributed by atoms with Gasteiger partial charge in [-0.05, 0) is 12.5 Å². The van der Waals surface area contributed by atoms with E-state index in [1.54, 1.807) is 0 Å². The minimum absolute atomic E-state index is 0.0311. The van der Waals surface area contributed by atoms with Gasteiger partial charge >= 0.3 is 0 Å². The molecule has 0 fully saturated rings. The van der Waals surface area contributed by atoms with Crippen molar-refractivity contribution in [1.82, 2.24) is 5.32 Å². The molecule has 1 aromatic rings. The molecular weight excluding hydrogens is 260 g/mol. The summed E-state index contributed by atoms with van der Waals surface area (Å²) in [6.07, 6.45) is 4.19. The number of nitrogens with one attached hydrogen (secondary N) is 2. The summed E-state index contributed by atoms with van der Waals surface area (Å²) in [5, 5.41) is 13.6. The lowest BCUT2D eigenvalue weighted by atomic mass is 10.1. The zero-order valence-corrected chi connectivity index (χ0v) is 11.5. The number of nitro groups is 1. The SMILES string of the molecule is CCCCCCNC(=O)c1cccc([N+](=O)[O-])c1NN. The lowest BCUT2D eigenvalue weighted by Crippen LogP contribution is -2.26. The molecule has 0 bridgehead atoms. The van der Waals surface area contributed by atoms with Crippen molar-refractivity contribution in [3.05, 3.63) is 33.9 Å². The first-order chi connectivity index (χ1) is 9.61. The Labute approximate surface area is 117 Å². The molecular formula is C13H20N4O3. The number of para-hydroxylation sites is 1. The van der Waals surface area contributed by atoms with Gasteiger partial charge in [-0.25, -0.2) is 0 Å². The van der Waals surface area contributed by atoms with Crippen molar-refractivity contribution >= 4 is 17.3 Å². The van der Waals surface area contributed by atoms with E-state index in [1.807, 2.05) is 0 Å². The van der Waals surface area contributed by atoms with Gasteiger partial charge in [-0.2, -0.15) is 0 Å². The Morgan fingerprint density at radius 2 is 2.10 bits per heavy atom. The Balaban J connectivity index is 2.72. The van der Waals surface area contributed by atoms with E-state index in [2.05, 4.69) is 17.7 Å². The number of rotatable bonds is 8. The molecule has 0 aliphatic rings. The Hall–Kier alpha value is -2.15. The van der Waals surface area contributed by atoms with Crippen molar-refractivity contribution in [1.29, 1.82) is 0 Å². The van der Waals surface area contributed by atoms with Crippen LogP contribution in [-0.2, 0) is 0 Å². The first kappa shape index (κ1) is 15.9. The molecule has 4 N–H and O–H groups in total. The minimum atomic E-state index is -0.576. The molecule has 1 rings (SSSR count). The molecule has 0 atom stereocenters. The number of unbranched alkanes of at least 4 members (excludes halogenated alkanes) is 3. The summed E-state index contributed by atoms with van der Waals surface area (Å²) in [5.41, 5.74) is 2.23. The van der Waals surface area contributed by atoms with E-state index in [0.29, 0.717) is 6.54 Å². The average Bonchev–Trinajstić information content (AvgIpc) is 2.45. The van der Waals surface area contributed by atoms with Gasteiger partial charge in [0.25, 0.3) is 11.6 Å². The normalized spacial score (nSPS) is 10.1. The quantitative estimate of drug-likeness (QED) is 0.292. The molecule has 0 saturated carbocycles. The Kier molecular flexibility index (Phi) is 6.45. The van der Waals surface area contributed by atoms with E-state index < -0.39 is 4.92 Å². The van der Waals surface area contributed by atoms with E-state index in [4.69, 9.17) is 5.84 Å². The van der Waals surface area contributed by atoms with Crippen LogP contribution >= 0.6 is 0 Å². The highest BCUT2D eigenvalue weighted by atomic mass is 16.6. The summed E-state index contributed by atoms with van der Waals surface area (Å²) in [6.45, 7) is 2.66. The van der Waals surface area contributed by atoms with Crippen molar-refractivity contribution < 1.29 is 9.72 Å². The molecule has 7 heteroatoms. The average molecular weight is 280 g/mol. The number of hydrogen-bond acceptors (Lipinski definition) is 5. The van der Waals surface area contributed by atoms with Crippen molar-refractivity contribution in [3.63, 3.8) is 0 Å². The van der Waals surface area contributed by atoms with Gasteiger partial charge in [0, 0.05) is 12.6 Å². The molecule has 0 aromatic heterocycles. The van der Waals surface area contributed by atoms with Gasteiger partial charge in [0.15, 0.2) is 0 Å². The van der Waals surface area contributed by atoms with Crippen molar-refractivity contribution in [2.24, 2.45) is 5.84 Å². The Bertz CT molecular complexity index is 477. The Morgan fingerprint density at radius 1 is 1.35 bits per heavy atom. The number of nitrogens with two attached hydrogens (primary N) is 1. The number of nitrogens with zero attached hydrogens (tertiary/aromatic N) is 1. The second-order valence-corrected chi connectivity index (χ2v) is 4.42. The van der Waals surface area contributed by atoms with E-state index in [1.165, 1.54) is 18.2 Å². The van der Waals surface area contributed by atoms with Crippen LogP contribution in [0, 0.1) is 10.1 Å². The van der Waals surface area contributed by atoms with Gasteiger partial charge in [0.2, 0.25) is 0 Å². The number of amides is 1. The summed E-state index contributed by atoms with van der Waals surface area (Å²) in [4.78, 5) is 22.3. The third-order valence-corrected chi connectivity index (χ3v) is 2.94. The highest BCUT2D eigenvalue weighted by Crippen LogP contribution is 2.27. The van der Waals surface area contributed by atoms with Gasteiger partial charge in [0.05, 0.1) is 10.5 Å². The van der Waals surface area contributed by atoms with Gasteiger partial charge in [-0.3, -0.25) is 20.8 Å². The van der Waals surface area contributed by atoms with Crippen LogP contribution < -0.4 is 16.6 Å². The summed E-state index contributed by atoms with van der Waals surface area (Å²) in [6, 6.07) is 4.27. The molecule has 0 aliphatic carbocycles. The van der Waals surface area contributed by atoms with Gasteiger partial charge in [-0.1, -0.05) is 32.3 Å². The summed E-state index contributed by atoms with van der Waals surface area (Å²) in [7, 11) is 0. The van der Waals surface area contributed by atoms with E-state index >= 15 is 0 Å². The molecule has 0 spiro atoms. The maximum atomic E-state index is 12.0. The summed E-state index contributed by atoms with van der Waals surface area (Å²) in [5.74, 6) is 4.92. The van der Waals surface area contributed by atoms with Crippen molar-refractivity contribution in [2.75, 3.05) is 12.0 Å². The van der Waals surface area contributed by atoms with Crippen LogP contribution in [0.5, 0.6) is 0 Å². The third kappa shape index (κ3) is 4.20. The highest BCUT2D eigenvalue weighted by Gasteiger charge is 2.20. The Morgan fingerprint density at radius 3 is 2.70 bits per heavy atom. The number of carbonyl (C=O) groups is 1. The predicted octanol–water partition coefficient (Wildman–Crippen LogP) is 2.19. The molecule has 7 nitrogen and oxygen atoms in total. The van der Waals surface area contributed by atoms with Crippen LogP contribution in [0.2, 0.25) is 0 Å². The molecule has 0 radical (unpaired) electrons. The summed E-state index contributed by atoms with van der Waals surface area (Å²) >= 11 is 0. The van der Waals surface area contributed by atoms with Crippen LogP contribution in [0.1, 0.15) is 43.0 Å². The van der Waals surface area contributed by atoms with Crippen LogP contribution in [0.25, 0.3) is 0 Å². The minimum Gasteiger partial charge on any atom is -0.352 e. The van der Waals surface area contributed by atoms with Crippen LogP contribution in [-0.4, -0.2) is 17.4 Å². The van der Waals surface area contributed by atoms with E-state index in [0.717, 1.165) is 25.7 Å². The van der Waals surface area contributed by atoms with Crippen LogP contribution in [0.3, 0.4) is 0 Å². The van der Waals surface area contributed by atoms with Gasteiger partial charge in [-0.15, -0.1) is 0 Å². The molecule has 110 valence electrons. The summed E-state index contributed by atoms with van der Waals surface area (Å²) < 4.78 is 0. The highest BCUT2D eigenvalue weighted by molar-refractivity contribution is 6.01. The molecule has 0 unspecified atom stereocenters. The molecule has 0 saturated heterocycles. The predicted molar refractivity (Wildman–Crippen MR) is 77.4 cm³/mol. The fourth-order valence-corrected chi connectivity index (χ4v) is 1.88. The number of nitro benzene ring substituents is 1. The number of hydrogen-bond donors (Lipinski definition) is 3. The van der Waals surface area contributed by atoms with Gasteiger partial charge in [0.1, 0.15) is 5.69 Å². The number of carbonyl (C=O) groups excluding carboxylic acids is 1. The molecule has 20 heavy (non-hydrogen) atoms. The number of hydrazine groups is 1. The topological polar surface area (TPSA) is 110 Å². The monoisotopic (exact) mass is 280 g/mol. The first-order valence-electron chi connectivity index (χ1n) is 6.64. The smallest absolute Gasteiger partial charge is 0.294 e. The fraction of sp³-hybridized carbons (Fsp3) is 0.462. The van der Waals surface area contributed by atoms with E-state index in [-0.39, 0.29) is 22.8 Å². The molecule has 1 aromatic carbocycles. The zero-order valence-electron chi connectivity index (χ0n) is 11.5. The second-order valence-electron chi connectivity index (χ2n) is 4.42. The maximum Gasteiger partial charge on any atom is 0.294 e. The standard InChI is InChI=1S/C13H20N4O3/c1-2-3-4-5-9-15-13(18)10-7-6-8-11(17(19)20)12(10)16-14/h6-8,16H,2-5,9,14H2,1H3,(H,15,18). The first-order valence-corrected chi connectivity index (χ1v) is 6.64. The third-order valence-electron chi connectivity index (χ3n) is 2.94. The number of anilines is 1. The van der Waals surface area contributed by atoms with Gasteiger partial charge < -0.3 is 10.7 Å². The zero-order chi connectivity index (χ0) is 15.0. The second kappa shape index (κ2) is 8.11. The van der Waals surface area contributed by atoms with Crippen LogP contribution in [0.4, 0.5) is 11.4 Å². The van der Waals surface area contributed by atoms with Crippen LogP contribution in [0.15, 0.2) is 18.2 Å². The van der Waals surface area contributed by atoms with Crippen molar-refractivity contribution in [3.8, 4) is 0 Å². The maximum absolute atomic E-state index is 12.0. The van der Waals surface area contributed by atoms with E-state index in [9.17, 15) is 14.9 Å². The van der Waals surface area contributed by atoms with Crippen molar-refractivity contribution in [2.45, 2.75) is 32.6 Å². The lowest BCUT2D eigenvalue weighted by molar-refractivity contribution is -0.384. The number of benzene rings is 1. The lowest BCUT2D eigenvalue weighted by Gasteiger charge is -2.09. The fourth-order valence-electron chi connectivity index (χ4n) is 1.88.